The average Bonchev–Trinajstić information content (AvgIpc) is 3.13. The van der Waals surface area contributed by atoms with Crippen LogP contribution in [0.2, 0.25) is 0 Å². The lowest BCUT2D eigenvalue weighted by atomic mass is 10.1. The van der Waals surface area contributed by atoms with Crippen molar-refractivity contribution in [2.45, 2.75) is 44.5 Å². The Balaban J connectivity index is 2.04. The number of esters is 1. The van der Waals surface area contributed by atoms with Crippen LogP contribution in [0.15, 0.2) is 12.5 Å². The summed E-state index contributed by atoms with van der Waals surface area (Å²) in [6.07, 6.45) is -2.67. The van der Waals surface area contributed by atoms with E-state index in [0.29, 0.717) is 16.6 Å². The van der Waals surface area contributed by atoms with Crippen LogP contribution < -0.4 is 5.73 Å². The number of aliphatic hydroxyl groups is 2. The molecular weight excluding hydrogens is 358 g/mol. The molecule has 0 amide bonds. The van der Waals surface area contributed by atoms with Crippen molar-refractivity contribution >= 4 is 28.7 Å². The van der Waals surface area contributed by atoms with Gasteiger partial charge in [-0.3, -0.25) is 10.2 Å². The average molecular weight is 379 g/mol. The molecule has 11 heteroatoms. The van der Waals surface area contributed by atoms with E-state index in [1.807, 2.05) is 0 Å². The van der Waals surface area contributed by atoms with E-state index in [-0.39, 0.29) is 11.7 Å². The molecule has 0 bridgehead atoms. The molecule has 5 N–H and O–H groups in total. The van der Waals surface area contributed by atoms with Gasteiger partial charge in [0.05, 0.1) is 18.1 Å². The first kappa shape index (κ1) is 19.0. The quantitative estimate of drug-likeness (QED) is 0.313. The number of methoxy groups -OCH3 is 1. The van der Waals surface area contributed by atoms with Gasteiger partial charge in [0.15, 0.2) is 6.23 Å². The zero-order valence-electron chi connectivity index (χ0n) is 15.0. The summed E-state index contributed by atoms with van der Waals surface area (Å²) < 4.78 is 17.3. The van der Waals surface area contributed by atoms with Crippen molar-refractivity contribution < 1.29 is 29.2 Å². The van der Waals surface area contributed by atoms with Crippen molar-refractivity contribution in [1.82, 2.24) is 14.5 Å². The van der Waals surface area contributed by atoms with Gasteiger partial charge in [-0.25, -0.2) is 9.97 Å². The standard InChI is InChI=1S/C16H21N5O6/c1-6(26-7(2)22)12-10(23)11(24)16(27-12)21-4-8(14(18)25-3)9-13(17)19-5-20-15(9)21/h4-6,10-12,16,18,23-24H,1-3H3,(H2,17,19,20)/t6-,10+,11-,12-,16-/m1/s1. The van der Waals surface area contributed by atoms with Gasteiger partial charge in [0.25, 0.3) is 0 Å². The number of carbonyl (C=O) groups is 1. The number of rotatable bonds is 4. The number of hydrogen-bond donors (Lipinski definition) is 4. The molecular formula is C16H21N5O6. The smallest absolute Gasteiger partial charge is 0.302 e. The number of ether oxygens (including phenoxy) is 3. The largest absolute Gasteiger partial charge is 0.481 e. The fraction of sp³-hybridized carbons (Fsp3) is 0.500. The molecule has 27 heavy (non-hydrogen) atoms. The summed E-state index contributed by atoms with van der Waals surface area (Å²) in [6, 6.07) is 0. The molecule has 1 aliphatic heterocycles. The first-order valence-corrected chi connectivity index (χ1v) is 8.19. The van der Waals surface area contributed by atoms with Crippen LogP contribution in [0.1, 0.15) is 25.6 Å². The predicted octanol–water partition coefficient (Wildman–Crippen LogP) is -0.444. The van der Waals surface area contributed by atoms with Crippen molar-refractivity contribution in [2.75, 3.05) is 12.8 Å². The lowest BCUT2D eigenvalue weighted by Gasteiger charge is -2.21. The molecule has 0 aliphatic carbocycles. The van der Waals surface area contributed by atoms with Crippen LogP contribution in [0.5, 0.6) is 0 Å². The van der Waals surface area contributed by atoms with Crippen molar-refractivity contribution in [3.05, 3.63) is 18.1 Å². The molecule has 0 unspecified atom stereocenters. The normalized spacial score (nSPS) is 26.1. The monoisotopic (exact) mass is 379 g/mol. The number of aliphatic hydroxyl groups excluding tert-OH is 2. The minimum Gasteiger partial charge on any atom is -0.481 e. The summed E-state index contributed by atoms with van der Waals surface area (Å²) in [6.45, 7) is 2.80. The van der Waals surface area contributed by atoms with E-state index < -0.39 is 36.6 Å². The van der Waals surface area contributed by atoms with Crippen LogP contribution in [0.4, 0.5) is 5.82 Å². The summed E-state index contributed by atoms with van der Waals surface area (Å²) in [5.74, 6) is -0.564. The van der Waals surface area contributed by atoms with Crippen LogP contribution in [0.25, 0.3) is 11.0 Å². The maximum absolute atomic E-state index is 11.2. The summed E-state index contributed by atoms with van der Waals surface area (Å²) in [7, 11) is 1.34. The van der Waals surface area contributed by atoms with Crippen LogP contribution in [0, 0.1) is 5.41 Å². The number of hydrogen-bond acceptors (Lipinski definition) is 10. The van der Waals surface area contributed by atoms with Gasteiger partial charge in [-0.2, -0.15) is 0 Å². The Morgan fingerprint density at radius 1 is 1.41 bits per heavy atom. The summed E-state index contributed by atoms with van der Waals surface area (Å²) >= 11 is 0. The highest BCUT2D eigenvalue weighted by Gasteiger charge is 2.47. The van der Waals surface area contributed by atoms with E-state index in [2.05, 4.69) is 9.97 Å². The molecule has 11 nitrogen and oxygen atoms in total. The third-order valence-corrected chi connectivity index (χ3v) is 4.45. The second-order valence-electron chi connectivity index (χ2n) is 6.23. The number of anilines is 1. The SMILES string of the molecule is COC(=N)c1cn([C@@H]2O[C@H]([C@@H](C)OC(C)=O)[C@@H](O)[C@H]2O)c2ncnc(N)c12. The Labute approximate surface area is 154 Å². The number of carbonyl (C=O) groups excluding carboxylic acids is 1. The number of aromatic nitrogens is 3. The molecule has 146 valence electrons. The van der Waals surface area contributed by atoms with Gasteiger partial charge in [0, 0.05) is 13.1 Å². The van der Waals surface area contributed by atoms with E-state index in [9.17, 15) is 15.0 Å². The third-order valence-electron chi connectivity index (χ3n) is 4.45. The zero-order valence-corrected chi connectivity index (χ0v) is 15.0. The minimum atomic E-state index is -1.33. The van der Waals surface area contributed by atoms with Crippen LogP contribution in [-0.4, -0.2) is 68.1 Å². The fourth-order valence-corrected chi connectivity index (χ4v) is 3.22. The Kier molecular flexibility index (Phi) is 5.00. The van der Waals surface area contributed by atoms with Crippen molar-refractivity contribution in [1.29, 1.82) is 5.41 Å². The molecule has 1 aliphatic rings. The summed E-state index contributed by atoms with van der Waals surface area (Å²) in [5, 5.41) is 29.2. The number of nitrogens with two attached hydrogens (primary N) is 1. The molecule has 0 radical (unpaired) electrons. The highest BCUT2D eigenvalue weighted by atomic mass is 16.6. The number of nitrogens with zero attached hydrogens (tertiary/aromatic N) is 3. The topological polar surface area (TPSA) is 166 Å². The van der Waals surface area contributed by atoms with Crippen LogP contribution in [0.3, 0.4) is 0 Å². The van der Waals surface area contributed by atoms with E-state index in [0.717, 1.165) is 0 Å². The van der Waals surface area contributed by atoms with Gasteiger partial charge >= 0.3 is 5.97 Å². The van der Waals surface area contributed by atoms with Crippen molar-refractivity contribution in [3.63, 3.8) is 0 Å². The molecule has 3 heterocycles. The Hall–Kier alpha value is -2.76. The predicted molar refractivity (Wildman–Crippen MR) is 92.9 cm³/mol. The van der Waals surface area contributed by atoms with Crippen LogP contribution in [-0.2, 0) is 19.0 Å². The van der Waals surface area contributed by atoms with Crippen molar-refractivity contribution in [2.24, 2.45) is 0 Å². The number of fused-ring (bicyclic) bond motifs is 1. The first-order valence-electron chi connectivity index (χ1n) is 8.19. The van der Waals surface area contributed by atoms with Gasteiger partial charge in [-0.15, -0.1) is 0 Å². The molecule has 1 saturated heterocycles. The van der Waals surface area contributed by atoms with Crippen molar-refractivity contribution in [3.8, 4) is 0 Å². The summed E-state index contributed by atoms with van der Waals surface area (Å²) in [4.78, 5) is 19.3. The van der Waals surface area contributed by atoms with Gasteiger partial charge in [-0.05, 0) is 6.92 Å². The van der Waals surface area contributed by atoms with E-state index in [4.69, 9.17) is 25.4 Å². The highest BCUT2D eigenvalue weighted by Crippen LogP contribution is 2.36. The molecule has 1 fully saturated rings. The minimum absolute atomic E-state index is 0.133. The second kappa shape index (κ2) is 7.10. The highest BCUT2D eigenvalue weighted by molar-refractivity contribution is 6.08. The maximum atomic E-state index is 11.2. The van der Waals surface area contributed by atoms with E-state index >= 15 is 0 Å². The summed E-state index contributed by atoms with van der Waals surface area (Å²) in [5.41, 5.74) is 6.54. The molecule has 0 aromatic carbocycles. The number of nitrogen functional groups attached to an aromatic ring is 1. The van der Waals surface area contributed by atoms with Gasteiger partial charge in [0.2, 0.25) is 5.90 Å². The van der Waals surface area contributed by atoms with Gasteiger partial charge < -0.3 is 34.7 Å². The fourth-order valence-electron chi connectivity index (χ4n) is 3.22. The van der Waals surface area contributed by atoms with E-state index in [1.54, 1.807) is 6.92 Å². The second-order valence-corrected chi connectivity index (χ2v) is 6.23. The first-order chi connectivity index (χ1) is 12.8. The lowest BCUT2D eigenvalue weighted by Crippen LogP contribution is -2.39. The molecule has 2 aromatic heterocycles. The maximum Gasteiger partial charge on any atom is 0.302 e. The van der Waals surface area contributed by atoms with Crippen LogP contribution >= 0.6 is 0 Å². The van der Waals surface area contributed by atoms with E-state index in [1.165, 1.54) is 31.1 Å². The van der Waals surface area contributed by atoms with Gasteiger partial charge in [0.1, 0.15) is 42.2 Å². The lowest BCUT2D eigenvalue weighted by molar-refractivity contribution is -0.157. The van der Waals surface area contributed by atoms with Gasteiger partial charge in [-0.1, -0.05) is 0 Å². The number of nitrogens with one attached hydrogen (secondary N) is 1. The molecule has 2 aromatic rings. The Bertz CT molecular complexity index is 884. The molecule has 0 saturated carbocycles. The molecule has 3 rings (SSSR count). The Morgan fingerprint density at radius 3 is 2.74 bits per heavy atom. The Morgan fingerprint density at radius 2 is 2.11 bits per heavy atom. The molecule has 0 spiro atoms. The zero-order chi connectivity index (χ0) is 19.9. The third kappa shape index (κ3) is 3.20. The molecule has 5 atom stereocenters.